The number of piperidine rings is 1. The Kier molecular flexibility index (Phi) is 4.40. The molecule has 0 atom stereocenters. The highest BCUT2D eigenvalue weighted by atomic mass is 32.2. The molecule has 3 aromatic rings. The van der Waals surface area contributed by atoms with Crippen LogP contribution in [0.15, 0.2) is 47.5 Å². The fraction of sp³-hybridized carbons (Fsp3) is 0.278. The van der Waals surface area contributed by atoms with Crippen molar-refractivity contribution in [2.75, 3.05) is 13.1 Å². The van der Waals surface area contributed by atoms with Gasteiger partial charge < -0.3 is 5.73 Å². The maximum atomic E-state index is 13.1. The molecule has 0 bridgehead atoms. The average Bonchev–Trinajstić information content (AvgIpc) is 3.18. The quantitative estimate of drug-likeness (QED) is 0.707. The number of hydrogen-bond acceptors (Lipinski definition) is 5. The van der Waals surface area contributed by atoms with Crippen molar-refractivity contribution in [1.29, 1.82) is 0 Å². The van der Waals surface area contributed by atoms with E-state index in [-0.39, 0.29) is 16.5 Å². The molecule has 0 spiro atoms. The smallest absolute Gasteiger partial charge is 0.269 e. The SMILES string of the molecule is NC(=O)c1cc(C2CCN(S(=O)(=O)c3cccc4cccnc34)CC2)[nH]n1. The molecule has 0 aliphatic carbocycles. The van der Waals surface area contributed by atoms with Crippen LogP contribution in [-0.4, -0.2) is 46.9 Å². The topological polar surface area (TPSA) is 122 Å². The van der Waals surface area contributed by atoms with E-state index in [4.69, 9.17) is 5.73 Å². The number of fused-ring (bicyclic) bond motifs is 1. The Hall–Kier alpha value is -2.78. The van der Waals surface area contributed by atoms with Gasteiger partial charge in [0.25, 0.3) is 5.91 Å². The molecule has 3 N–H and O–H groups in total. The summed E-state index contributed by atoms with van der Waals surface area (Å²) < 4.78 is 27.8. The number of sulfonamides is 1. The van der Waals surface area contributed by atoms with Gasteiger partial charge in [-0.2, -0.15) is 9.40 Å². The largest absolute Gasteiger partial charge is 0.364 e. The van der Waals surface area contributed by atoms with E-state index in [1.54, 1.807) is 30.5 Å². The molecule has 0 saturated carbocycles. The predicted octanol–water partition coefficient (Wildman–Crippen LogP) is 1.63. The predicted molar refractivity (Wildman–Crippen MR) is 99.6 cm³/mol. The summed E-state index contributed by atoms with van der Waals surface area (Å²) >= 11 is 0. The van der Waals surface area contributed by atoms with Crippen molar-refractivity contribution in [2.24, 2.45) is 5.73 Å². The number of aromatic amines is 1. The van der Waals surface area contributed by atoms with Crippen molar-refractivity contribution in [3.63, 3.8) is 0 Å². The van der Waals surface area contributed by atoms with Gasteiger partial charge in [-0.1, -0.05) is 18.2 Å². The number of nitrogens with one attached hydrogen (secondary N) is 1. The summed E-state index contributed by atoms with van der Waals surface area (Å²) in [4.78, 5) is 15.7. The fourth-order valence-corrected chi connectivity index (χ4v) is 5.14. The van der Waals surface area contributed by atoms with Crippen LogP contribution in [-0.2, 0) is 10.0 Å². The highest BCUT2D eigenvalue weighted by molar-refractivity contribution is 7.89. The molecular formula is C18H19N5O3S. The lowest BCUT2D eigenvalue weighted by Gasteiger charge is -2.30. The average molecular weight is 385 g/mol. The number of pyridine rings is 1. The van der Waals surface area contributed by atoms with Crippen molar-refractivity contribution < 1.29 is 13.2 Å². The van der Waals surface area contributed by atoms with Crippen LogP contribution in [0, 0.1) is 0 Å². The van der Waals surface area contributed by atoms with Crippen LogP contribution in [0.5, 0.6) is 0 Å². The molecule has 1 fully saturated rings. The second-order valence-electron chi connectivity index (χ2n) is 6.58. The molecule has 0 radical (unpaired) electrons. The minimum absolute atomic E-state index is 0.114. The summed E-state index contributed by atoms with van der Waals surface area (Å²) in [6.07, 6.45) is 2.87. The van der Waals surface area contributed by atoms with Crippen LogP contribution in [0.3, 0.4) is 0 Å². The summed E-state index contributed by atoms with van der Waals surface area (Å²) in [6.45, 7) is 0.780. The molecule has 0 unspecified atom stereocenters. The number of aromatic nitrogens is 3. The van der Waals surface area contributed by atoms with E-state index in [9.17, 15) is 13.2 Å². The molecule has 1 aromatic carbocycles. The van der Waals surface area contributed by atoms with Crippen LogP contribution >= 0.6 is 0 Å². The van der Waals surface area contributed by atoms with Crippen LogP contribution in [0.1, 0.15) is 34.9 Å². The van der Waals surface area contributed by atoms with Crippen LogP contribution in [0.4, 0.5) is 0 Å². The van der Waals surface area contributed by atoms with Crippen LogP contribution in [0.25, 0.3) is 10.9 Å². The first-order valence-corrected chi connectivity index (χ1v) is 10.1. The summed E-state index contributed by atoms with van der Waals surface area (Å²) in [5.74, 6) is -0.469. The molecule has 8 nitrogen and oxygen atoms in total. The highest BCUT2D eigenvalue weighted by Crippen LogP contribution is 2.31. The van der Waals surface area contributed by atoms with Crippen LogP contribution in [0.2, 0.25) is 0 Å². The molecule has 27 heavy (non-hydrogen) atoms. The molecule has 1 saturated heterocycles. The van der Waals surface area contributed by atoms with Gasteiger partial charge in [0.05, 0.1) is 5.52 Å². The molecule has 140 valence electrons. The Morgan fingerprint density at radius 1 is 1.19 bits per heavy atom. The lowest BCUT2D eigenvalue weighted by molar-refractivity contribution is 0.0995. The maximum Gasteiger partial charge on any atom is 0.269 e. The normalized spacial score (nSPS) is 16.6. The highest BCUT2D eigenvalue weighted by Gasteiger charge is 2.32. The molecule has 3 heterocycles. The van der Waals surface area contributed by atoms with Gasteiger partial charge in [-0.05, 0) is 31.0 Å². The summed E-state index contributed by atoms with van der Waals surface area (Å²) in [6, 6.07) is 10.5. The van der Waals surface area contributed by atoms with E-state index in [2.05, 4.69) is 15.2 Å². The molecule has 1 aliphatic rings. The zero-order valence-electron chi connectivity index (χ0n) is 14.5. The van der Waals surface area contributed by atoms with Crippen LogP contribution < -0.4 is 5.73 Å². The van der Waals surface area contributed by atoms with Crippen molar-refractivity contribution in [3.8, 4) is 0 Å². The fourth-order valence-electron chi connectivity index (χ4n) is 3.50. The Labute approximate surface area is 156 Å². The number of carbonyl (C=O) groups is 1. The van der Waals surface area contributed by atoms with Gasteiger partial charge in [-0.25, -0.2) is 8.42 Å². The first kappa shape index (κ1) is 17.6. The molecule has 4 rings (SSSR count). The number of hydrogen-bond donors (Lipinski definition) is 2. The summed E-state index contributed by atoms with van der Waals surface area (Å²) in [5, 5.41) is 7.53. The van der Waals surface area contributed by atoms with Crippen molar-refractivity contribution in [3.05, 3.63) is 54.0 Å². The van der Waals surface area contributed by atoms with Crippen molar-refractivity contribution >= 4 is 26.8 Å². The van der Waals surface area contributed by atoms with Gasteiger partial charge in [0, 0.05) is 36.3 Å². The minimum atomic E-state index is -3.63. The second kappa shape index (κ2) is 6.75. The molecule has 2 aromatic heterocycles. The number of para-hydroxylation sites is 1. The number of amides is 1. The zero-order chi connectivity index (χ0) is 19.0. The lowest BCUT2D eigenvalue weighted by atomic mass is 9.94. The van der Waals surface area contributed by atoms with Crippen molar-refractivity contribution in [2.45, 2.75) is 23.7 Å². The Balaban J connectivity index is 1.55. The third-order valence-electron chi connectivity index (χ3n) is 4.96. The minimum Gasteiger partial charge on any atom is -0.364 e. The Morgan fingerprint density at radius 2 is 1.93 bits per heavy atom. The number of H-pyrrole nitrogens is 1. The third-order valence-corrected chi connectivity index (χ3v) is 6.89. The number of benzene rings is 1. The first-order valence-electron chi connectivity index (χ1n) is 8.66. The van der Waals surface area contributed by atoms with Gasteiger partial charge in [0.1, 0.15) is 10.6 Å². The number of carbonyl (C=O) groups excluding carboxylic acids is 1. The number of primary amides is 1. The van der Waals surface area contributed by atoms with Gasteiger partial charge in [-0.3, -0.25) is 14.9 Å². The van der Waals surface area contributed by atoms with Gasteiger partial charge in [0.15, 0.2) is 0 Å². The van der Waals surface area contributed by atoms with Crippen molar-refractivity contribution in [1.82, 2.24) is 19.5 Å². The number of nitrogens with two attached hydrogens (primary N) is 1. The standard InChI is InChI=1S/C18H19N5O3S/c19-18(24)15-11-14(21-22-15)12-6-9-23(10-7-12)27(25,26)16-5-1-3-13-4-2-8-20-17(13)16/h1-5,8,11-12H,6-7,9-10H2,(H2,19,24)(H,21,22). The first-order chi connectivity index (χ1) is 13.0. The monoisotopic (exact) mass is 385 g/mol. The van der Waals surface area contributed by atoms with E-state index in [0.29, 0.717) is 31.4 Å². The second-order valence-corrected chi connectivity index (χ2v) is 8.49. The van der Waals surface area contributed by atoms with E-state index in [1.165, 1.54) is 4.31 Å². The Bertz CT molecular complexity index is 1100. The van der Waals surface area contributed by atoms with E-state index < -0.39 is 15.9 Å². The Morgan fingerprint density at radius 3 is 2.63 bits per heavy atom. The van der Waals surface area contributed by atoms with E-state index >= 15 is 0 Å². The van der Waals surface area contributed by atoms with E-state index in [1.807, 2.05) is 12.1 Å². The molecule has 9 heteroatoms. The molecular weight excluding hydrogens is 366 g/mol. The summed E-state index contributed by atoms with van der Waals surface area (Å²) in [7, 11) is -3.63. The number of rotatable bonds is 4. The lowest BCUT2D eigenvalue weighted by Crippen LogP contribution is -2.38. The maximum absolute atomic E-state index is 13.1. The van der Waals surface area contributed by atoms with Gasteiger partial charge >= 0.3 is 0 Å². The van der Waals surface area contributed by atoms with E-state index in [0.717, 1.165) is 11.1 Å². The molecule has 1 amide bonds. The molecule has 1 aliphatic heterocycles. The zero-order valence-corrected chi connectivity index (χ0v) is 15.3. The number of nitrogens with zero attached hydrogens (tertiary/aromatic N) is 3. The van der Waals surface area contributed by atoms with Gasteiger partial charge in [0.2, 0.25) is 10.0 Å². The summed E-state index contributed by atoms with van der Waals surface area (Å²) in [5.41, 5.74) is 6.73. The third kappa shape index (κ3) is 3.19. The van der Waals surface area contributed by atoms with Gasteiger partial charge in [-0.15, -0.1) is 0 Å².